The highest BCUT2D eigenvalue weighted by Crippen LogP contribution is 2.32. The zero-order valence-corrected chi connectivity index (χ0v) is 8.42. The fraction of sp³-hybridized carbons (Fsp3) is 1.00. The molecule has 0 radical (unpaired) electrons. The highest BCUT2D eigenvalue weighted by molar-refractivity contribution is 4.78. The van der Waals surface area contributed by atoms with E-state index in [1.54, 1.807) is 0 Å². The van der Waals surface area contributed by atoms with Crippen molar-refractivity contribution >= 4 is 0 Å². The van der Waals surface area contributed by atoms with Gasteiger partial charge in [-0.1, -0.05) is 33.1 Å². The van der Waals surface area contributed by atoms with Gasteiger partial charge in [-0.15, -0.1) is 0 Å². The second-order valence-electron chi connectivity index (χ2n) is 4.18. The van der Waals surface area contributed by atoms with Crippen molar-refractivity contribution in [2.24, 2.45) is 11.8 Å². The summed E-state index contributed by atoms with van der Waals surface area (Å²) in [5.74, 6) is 1.47. The zero-order chi connectivity index (χ0) is 8.97. The third kappa shape index (κ3) is 2.48. The predicted molar refractivity (Wildman–Crippen MR) is 52.0 cm³/mol. The van der Waals surface area contributed by atoms with Gasteiger partial charge in [-0.2, -0.15) is 0 Å². The Kier molecular flexibility index (Phi) is 4.07. The number of aliphatic hydroxyl groups excluding tert-OH is 1. The lowest BCUT2D eigenvalue weighted by Gasteiger charge is -2.20. The van der Waals surface area contributed by atoms with E-state index < -0.39 is 0 Å². The van der Waals surface area contributed by atoms with Gasteiger partial charge in [0.25, 0.3) is 0 Å². The van der Waals surface area contributed by atoms with E-state index in [9.17, 15) is 5.11 Å². The van der Waals surface area contributed by atoms with Crippen LogP contribution in [-0.2, 0) is 0 Å². The van der Waals surface area contributed by atoms with Gasteiger partial charge in [-0.3, -0.25) is 0 Å². The van der Waals surface area contributed by atoms with Crippen molar-refractivity contribution in [1.29, 1.82) is 0 Å². The molecule has 0 aromatic rings. The molecule has 1 unspecified atom stereocenters. The Balaban J connectivity index is 2.28. The van der Waals surface area contributed by atoms with Crippen LogP contribution in [0, 0.1) is 11.8 Å². The van der Waals surface area contributed by atoms with Crippen LogP contribution < -0.4 is 0 Å². The summed E-state index contributed by atoms with van der Waals surface area (Å²) in [7, 11) is 0. The average molecular weight is 170 g/mol. The molecule has 1 heteroatoms. The molecule has 0 aromatic heterocycles. The molecule has 72 valence electrons. The molecule has 1 aliphatic rings. The van der Waals surface area contributed by atoms with E-state index in [1.807, 2.05) is 0 Å². The van der Waals surface area contributed by atoms with Crippen LogP contribution in [0.3, 0.4) is 0 Å². The summed E-state index contributed by atoms with van der Waals surface area (Å²) in [6.07, 6.45) is 7.38. The monoisotopic (exact) mass is 170 g/mol. The lowest BCUT2D eigenvalue weighted by Crippen LogP contribution is -2.16. The SMILES string of the molecule is CCC(CC)CC1CCC[C@H]1O. The van der Waals surface area contributed by atoms with E-state index in [-0.39, 0.29) is 6.10 Å². The van der Waals surface area contributed by atoms with Crippen molar-refractivity contribution in [3.8, 4) is 0 Å². The van der Waals surface area contributed by atoms with Crippen LogP contribution in [0.25, 0.3) is 0 Å². The highest BCUT2D eigenvalue weighted by Gasteiger charge is 2.26. The summed E-state index contributed by atoms with van der Waals surface area (Å²) in [5.41, 5.74) is 0. The Labute approximate surface area is 76.2 Å². The molecule has 12 heavy (non-hydrogen) atoms. The molecule has 1 saturated carbocycles. The highest BCUT2D eigenvalue weighted by atomic mass is 16.3. The lowest BCUT2D eigenvalue weighted by molar-refractivity contribution is 0.116. The number of rotatable bonds is 4. The molecule has 0 aliphatic heterocycles. The van der Waals surface area contributed by atoms with Crippen molar-refractivity contribution in [2.45, 2.75) is 58.5 Å². The van der Waals surface area contributed by atoms with Gasteiger partial charge in [0.2, 0.25) is 0 Å². The maximum atomic E-state index is 9.63. The number of aliphatic hydroxyl groups is 1. The Morgan fingerprint density at radius 3 is 2.33 bits per heavy atom. The molecule has 0 saturated heterocycles. The van der Waals surface area contributed by atoms with Crippen molar-refractivity contribution in [3.05, 3.63) is 0 Å². The first-order chi connectivity index (χ1) is 5.77. The van der Waals surface area contributed by atoms with Crippen molar-refractivity contribution < 1.29 is 5.11 Å². The standard InChI is InChI=1S/C11H22O/c1-3-9(4-2)8-10-6-5-7-11(10)12/h9-12H,3-8H2,1-2H3/t10?,11-/m1/s1. The fourth-order valence-electron chi connectivity index (χ4n) is 2.34. The first-order valence-electron chi connectivity index (χ1n) is 5.46. The number of hydrogen-bond acceptors (Lipinski definition) is 1. The second-order valence-corrected chi connectivity index (χ2v) is 4.18. The first kappa shape index (κ1) is 10.0. The topological polar surface area (TPSA) is 20.2 Å². The van der Waals surface area contributed by atoms with E-state index in [0.29, 0.717) is 5.92 Å². The van der Waals surface area contributed by atoms with E-state index in [2.05, 4.69) is 13.8 Å². The Bertz CT molecular complexity index is 118. The molecular formula is C11H22O. The smallest absolute Gasteiger partial charge is 0.0568 e. The minimum absolute atomic E-state index is 0.0191. The molecule has 1 N–H and O–H groups in total. The van der Waals surface area contributed by atoms with Gasteiger partial charge in [0.05, 0.1) is 6.10 Å². The molecule has 0 aromatic carbocycles. The molecule has 1 nitrogen and oxygen atoms in total. The van der Waals surface area contributed by atoms with Crippen LogP contribution in [0.4, 0.5) is 0 Å². The van der Waals surface area contributed by atoms with Gasteiger partial charge >= 0.3 is 0 Å². The minimum Gasteiger partial charge on any atom is -0.393 e. The normalized spacial score (nSPS) is 30.0. The maximum absolute atomic E-state index is 9.63. The summed E-state index contributed by atoms with van der Waals surface area (Å²) in [4.78, 5) is 0. The van der Waals surface area contributed by atoms with E-state index >= 15 is 0 Å². The maximum Gasteiger partial charge on any atom is 0.0568 e. The van der Waals surface area contributed by atoms with E-state index in [1.165, 1.54) is 32.1 Å². The van der Waals surface area contributed by atoms with Gasteiger partial charge in [-0.25, -0.2) is 0 Å². The lowest BCUT2D eigenvalue weighted by atomic mass is 9.89. The Hall–Kier alpha value is -0.0400. The predicted octanol–water partition coefficient (Wildman–Crippen LogP) is 2.97. The summed E-state index contributed by atoms with van der Waals surface area (Å²) >= 11 is 0. The quantitative estimate of drug-likeness (QED) is 0.687. The fourth-order valence-corrected chi connectivity index (χ4v) is 2.34. The molecule has 0 amide bonds. The molecule has 0 heterocycles. The van der Waals surface area contributed by atoms with Crippen LogP contribution in [0.15, 0.2) is 0 Å². The van der Waals surface area contributed by atoms with Crippen LogP contribution >= 0.6 is 0 Å². The molecule has 1 fully saturated rings. The van der Waals surface area contributed by atoms with Gasteiger partial charge in [0, 0.05) is 0 Å². The molecule has 1 aliphatic carbocycles. The van der Waals surface area contributed by atoms with Gasteiger partial charge in [0.15, 0.2) is 0 Å². The van der Waals surface area contributed by atoms with Crippen molar-refractivity contribution in [2.75, 3.05) is 0 Å². The van der Waals surface area contributed by atoms with E-state index in [4.69, 9.17) is 0 Å². The van der Waals surface area contributed by atoms with Crippen molar-refractivity contribution in [3.63, 3.8) is 0 Å². The zero-order valence-electron chi connectivity index (χ0n) is 8.42. The van der Waals surface area contributed by atoms with Gasteiger partial charge in [-0.05, 0) is 31.1 Å². The first-order valence-corrected chi connectivity index (χ1v) is 5.46. The molecule has 1 rings (SSSR count). The van der Waals surface area contributed by atoms with Gasteiger partial charge in [0.1, 0.15) is 0 Å². The molecule has 0 spiro atoms. The molecule has 0 bridgehead atoms. The Morgan fingerprint density at radius 2 is 1.92 bits per heavy atom. The van der Waals surface area contributed by atoms with Crippen LogP contribution in [0.1, 0.15) is 52.4 Å². The molecule has 2 atom stereocenters. The van der Waals surface area contributed by atoms with Crippen molar-refractivity contribution in [1.82, 2.24) is 0 Å². The van der Waals surface area contributed by atoms with E-state index in [0.717, 1.165) is 12.3 Å². The van der Waals surface area contributed by atoms with Crippen LogP contribution in [0.2, 0.25) is 0 Å². The van der Waals surface area contributed by atoms with Crippen LogP contribution in [0.5, 0.6) is 0 Å². The summed E-state index contributed by atoms with van der Waals surface area (Å²) in [6, 6.07) is 0. The average Bonchev–Trinajstić information content (AvgIpc) is 2.47. The minimum atomic E-state index is 0.0191. The number of hydrogen-bond donors (Lipinski definition) is 1. The van der Waals surface area contributed by atoms with Gasteiger partial charge < -0.3 is 5.11 Å². The Morgan fingerprint density at radius 1 is 1.25 bits per heavy atom. The third-order valence-electron chi connectivity index (χ3n) is 3.41. The molecular weight excluding hydrogens is 148 g/mol. The summed E-state index contributed by atoms with van der Waals surface area (Å²) in [5, 5.41) is 9.63. The summed E-state index contributed by atoms with van der Waals surface area (Å²) in [6.45, 7) is 4.52. The third-order valence-corrected chi connectivity index (χ3v) is 3.41. The summed E-state index contributed by atoms with van der Waals surface area (Å²) < 4.78 is 0. The largest absolute Gasteiger partial charge is 0.393 e. The van der Waals surface area contributed by atoms with Crippen LogP contribution in [-0.4, -0.2) is 11.2 Å². The second kappa shape index (κ2) is 4.86.